The molecular formula is C26H21F3N2O4S. The molecular weight excluding hydrogens is 493 g/mol. The van der Waals surface area contributed by atoms with E-state index in [1.807, 2.05) is 30.3 Å². The second-order valence-corrected chi connectivity index (χ2v) is 9.51. The lowest BCUT2D eigenvalue weighted by Crippen LogP contribution is -2.40. The maximum Gasteiger partial charge on any atom is 0.516 e. The Bertz CT molecular complexity index is 1370. The lowest BCUT2D eigenvalue weighted by molar-refractivity contribution is -0.0438. The highest BCUT2D eigenvalue weighted by atomic mass is 32.2. The summed E-state index contributed by atoms with van der Waals surface area (Å²) in [5.41, 5.74) is -4.29. The summed E-state index contributed by atoms with van der Waals surface area (Å²) in [5.74, 6) is 1.44. The Morgan fingerprint density at radius 2 is 1.33 bits per heavy atom. The Morgan fingerprint density at radius 1 is 0.750 bits per heavy atom. The number of nitrogens with zero attached hydrogens (tertiary/aromatic N) is 2. The van der Waals surface area contributed by atoms with E-state index in [1.165, 1.54) is 48.8 Å². The van der Waals surface area contributed by atoms with Gasteiger partial charge in [-0.05, 0) is 65.7 Å². The van der Waals surface area contributed by atoms with Crippen molar-refractivity contribution >= 4 is 15.7 Å². The summed E-state index contributed by atoms with van der Waals surface area (Å²) in [4.78, 5) is 3.84. The van der Waals surface area contributed by atoms with Crippen LogP contribution in [0, 0.1) is 0 Å². The molecule has 0 atom stereocenters. The minimum atomic E-state index is -5.64. The number of alkyl halides is 3. The molecule has 6 nitrogen and oxygen atoms in total. The molecule has 0 N–H and O–H groups in total. The molecule has 3 aromatic carbocycles. The molecule has 0 bridgehead atoms. The van der Waals surface area contributed by atoms with Crippen LogP contribution >= 0.6 is 0 Å². The van der Waals surface area contributed by atoms with Crippen LogP contribution in [0.3, 0.4) is 0 Å². The van der Waals surface area contributed by atoms with Crippen LogP contribution < -0.4 is 13.8 Å². The van der Waals surface area contributed by atoms with Gasteiger partial charge in [0.05, 0.1) is 12.2 Å². The summed E-state index contributed by atoms with van der Waals surface area (Å²) in [6, 6.07) is 24.9. The third-order valence-electron chi connectivity index (χ3n) is 5.06. The molecule has 0 saturated heterocycles. The molecule has 0 spiro atoms. The van der Waals surface area contributed by atoms with E-state index in [4.69, 9.17) is 9.47 Å². The van der Waals surface area contributed by atoms with E-state index in [9.17, 15) is 21.6 Å². The second kappa shape index (κ2) is 10.7. The number of anilines is 1. The Kier molecular flexibility index (Phi) is 7.44. The number of aromatic nitrogens is 1. The maximum absolute atomic E-state index is 13.3. The molecule has 0 unspecified atom stereocenters. The SMILES string of the molecule is O=S(=O)(N(Cc1cccnc1)c1ccc(Oc2ccc(OCc3ccccc3)cc2)cc1)C(F)(F)F. The monoisotopic (exact) mass is 514 g/mol. The Balaban J connectivity index is 1.46. The topological polar surface area (TPSA) is 68.7 Å². The van der Waals surface area contributed by atoms with Gasteiger partial charge in [0.25, 0.3) is 0 Å². The first-order valence-corrected chi connectivity index (χ1v) is 12.2. The smallest absolute Gasteiger partial charge is 0.489 e. The van der Waals surface area contributed by atoms with Gasteiger partial charge in [-0.2, -0.15) is 21.6 Å². The molecule has 0 amide bonds. The number of sulfonamides is 1. The van der Waals surface area contributed by atoms with Gasteiger partial charge in [-0.25, -0.2) is 0 Å². The van der Waals surface area contributed by atoms with Crippen molar-refractivity contribution < 1.29 is 31.1 Å². The fraction of sp³-hybridized carbons (Fsp3) is 0.115. The van der Waals surface area contributed by atoms with Gasteiger partial charge < -0.3 is 9.47 Å². The number of rotatable bonds is 9. The highest BCUT2D eigenvalue weighted by Gasteiger charge is 2.50. The van der Waals surface area contributed by atoms with E-state index < -0.39 is 22.1 Å². The predicted octanol–water partition coefficient (Wildman–Crippen LogP) is 6.31. The lowest BCUT2D eigenvalue weighted by Gasteiger charge is -2.25. The van der Waals surface area contributed by atoms with Gasteiger partial charge in [-0.3, -0.25) is 9.29 Å². The number of hydrogen-bond acceptors (Lipinski definition) is 5. The number of ether oxygens (including phenoxy) is 2. The molecule has 0 radical (unpaired) electrons. The van der Waals surface area contributed by atoms with Crippen molar-refractivity contribution in [2.24, 2.45) is 0 Å². The fourth-order valence-electron chi connectivity index (χ4n) is 3.26. The van der Waals surface area contributed by atoms with E-state index in [1.54, 1.807) is 24.3 Å². The number of pyridine rings is 1. The average molecular weight is 515 g/mol. The number of hydrogen-bond donors (Lipinski definition) is 0. The molecule has 0 aliphatic rings. The van der Waals surface area contributed by atoms with Gasteiger partial charge in [0.1, 0.15) is 23.9 Å². The summed E-state index contributed by atoms with van der Waals surface area (Å²) in [5, 5.41) is 0. The first-order chi connectivity index (χ1) is 17.2. The highest BCUT2D eigenvalue weighted by Crippen LogP contribution is 2.34. The van der Waals surface area contributed by atoms with Crippen molar-refractivity contribution in [3.63, 3.8) is 0 Å². The van der Waals surface area contributed by atoms with E-state index in [-0.39, 0.29) is 5.69 Å². The summed E-state index contributed by atoms with van der Waals surface area (Å²) in [7, 11) is -5.64. The van der Waals surface area contributed by atoms with Crippen molar-refractivity contribution in [3.05, 3.63) is 115 Å². The third kappa shape index (κ3) is 6.14. The lowest BCUT2D eigenvalue weighted by atomic mass is 10.2. The van der Waals surface area contributed by atoms with Gasteiger partial charge in [0.15, 0.2) is 0 Å². The zero-order valence-corrected chi connectivity index (χ0v) is 19.6. The second-order valence-electron chi connectivity index (χ2n) is 7.66. The molecule has 4 rings (SSSR count). The van der Waals surface area contributed by atoms with Crippen molar-refractivity contribution in [2.75, 3.05) is 4.31 Å². The van der Waals surface area contributed by atoms with Crippen LogP contribution in [-0.2, 0) is 23.2 Å². The van der Waals surface area contributed by atoms with E-state index in [2.05, 4.69) is 4.98 Å². The van der Waals surface area contributed by atoms with Crippen LogP contribution in [-0.4, -0.2) is 18.9 Å². The molecule has 1 heterocycles. The van der Waals surface area contributed by atoms with Crippen LogP contribution in [0.1, 0.15) is 11.1 Å². The first kappa shape index (κ1) is 25.1. The minimum Gasteiger partial charge on any atom is -0.489 e. The van der Waals surface area contributed by atoms with E-state index in [0.29, 0.717) is 33.7 Å². The molecule has 186 valence electrons. The van der Waals surface area contributed by atoms with E-state index >= 15 is 0 Å². The normalized spacial score (nSPS) is 11.6. The standard InChI is InChI=1S/C26H21F3N2O4S/c27-26(28,29)36(32,33)31(18-21-7-4-16-30-17-21)22-8-10-24(11-9-22)35-25-14-12-23(13-15-25)34-19-20-5-2-1-3-6-20/h1-17H,18-19H2. The minimum absolute atomic E-state index is 0.159. The molecule has 0 saturated carbocycles. The van der Waals surface area contributed by atoms with Crippen molar-refractivity contribution in [2.45, 2.75) is 18.7 Å². The summed E-state index contributed by atoms with van der Waals surface area (Å²) in [6.45, 7) is -0.112. The molecule has 1 aromatic heterocycles. The average Bonchev–Trinajstić information content (AvgIpc) is 2.88. The Labute approximate surface area is 206 Å². The number of benzene rings is 3. The van der Waals surface area contributed by atoms with Gasteiger partial charge in [0.2, 0.25) is 0 Å². The van der Waals surface area contributed by atoms with Gasteiger partial charge in [-0.15, -0.1) is 0 Å². The quantitative estimate of drug-likeness (QED) is 0.262. The molecule has 4 aromatic rings. The molecule has 0 aliphatic carbocycles. The zero-order chi connectivity index (χ0) is 25.6. The summed E-state index contributed by atoms with van der Waals surface area (Å²) >= 11 is 0. The van der Waals surface area contributed by atoms with Crippen molar-refractivity contribution in [1.29, 1.82) is 0 Å². The van der Waals surface area contributed by atoms with Gasteiger partial charge in [0, 0.05) is 12.4 Å². The van der Waals surface area contributed by atoms with Crippen molar-refractivity contribution in [3.8, 4) is 17.2 Å². The van der Waals surface area contributed by atoms with Crippen LogP contribution in [0.5, 0.6) is 17.2 Å². The van der Waals surface area contributed by atoms with Crippen molar-refractivity contribution in [1.82, 2.24) is 4.98 Å². The fourth-order valence-corrected chi connectivity index (χ4v) is 4.23. The molecule has 0 fully saturated rings. The molecule has 36 heavy (non-hydrogen) atoms. The molecule has 0 aliphatic heterocycles. The Morgan fingerprint density at radius 3 is 1.92 bits per heavy atom. The zero-order valence-electron chi connectivity index (χ0n) is 18.8. The van der Waals surface area contributed by atoms with Crippen LogP contribution in [0.25, 0.3) is 0 Å². The van der Waals surface area contributed by atoms with Crippen LogP contribution in [0.2, 0.25) is 0 Å². The summed E-state index contributed by atoms with van der Waals surface area (Å²) < 4.78 is 76.3. The van der Waals surface area contributed by atoms with Crippen LogP contribution in [0.4, 0.5) is 18.9 Å². The van der Waals surface area contributed by atoms with Gasteiger partial charge in [-0.1, -0.05) is 36.4 Å². The van der Waals surface area contributed by atoms with Crippen LogP contribution in [0.15, 0.2) is 103 Å². The number of halogens is 3. The highest BCUT2D eigenvalue weighted by molar-refractivity contribution is 7.93. The largest absolute Gasteiger partial charge is 0.516 e. The third-order valence-corrected chi connectivity index (χ3v) is 6.57. The van der Waals surface area contributed by atoms with Gasteiger partial charge >= 0.3 is 15.5 Å². The maximum atomic E-state index is 13.3. The van der Waals surface area contributed by atoms with E-state index in [0.717, 1.165) is 5.56 Å². The Hall–Kier alpha value is -4.05. The summed E-state index contributed by atoms with van der Waals surface area (Å²) in [6.07, 6.45) is 2.75. The molecule has 10 heteroatoms. The predicted molar refractivity (Wildman–Crippen MR) is 129 cm³/mol. The first-order valence-electron chi connectivity index (χ1n) is 10.7.